The van der Waals surface area contributed by atoms with Crippen molar-refractivity contribution in [2.45, 2.75) is 24.9 Å². The number of pyridine rings is 2. The summed E-state index contributed by atoms with van der Waals surface area (Å²) in [6, 6.07) is 36.8. The lowest BCUT2D eigenvalue weighted by molar-refractivity contribution is 0.269. The third-order valence-corrected chi connectivity index (χ3v) is 10.5. The summed E-state index contributed by atoms with van der Waals surface area (Å²) in [6.45, 7) is 0.859. The highest BCUT2D eigenvalue weighted by molar-refractivity contribution is 6.05. The van der Waals surface area contributed by atoms with Crippen LogP contribution in [0.3, 0.4) is 0 Å². The number of aromatic nitrogens is 2. The Kier molecular flexibility index (Phi) is 7.09. The predicted molar refractivity (Wildman–Crippen MR) is 209 cm³/mol. The molecule has 6 aromatic rings. The minimum absolute atomic E-state index is 0.0956. The molecule has 0 saturated heterocycles. The molecule has 0 fully saturated rings. The summed E-state index contributed by atoms with van der Waals surface area (Å²) in [6.07, 6.45) is 18.9. The van der Waals surface area contributed by atoms with Gasteiger partial charge in [0.05, 0.1) is 22.4 Å². The largest absolute Gasteiger partial charge is 0.485 e. The van der Waals surface area contributed by atoms with Crippen molar-refractivity contribution in [1.29, 1.82) is 0 Å². The van der Waals surface area contributed by atoms with E-state index in [1.54, 1.807) is 0 Å². The van der Waals surface area contributed by atoms with Crippen LogP contribution in [-0.2, 0) is 0 Å². The van der Waals surface area contributed by atoms with Gasteiger partial charge in [0, 0.05) is 51.8 Å². The van der Waals surface area contributed by atoms with Gasteiger partial charge in [-0.1, -0.05) is 103 Å². The third kappa shape index (κ3) is 5.38. The summed E-state index contributed by atoms with van der Waals surface area (Å²) >= 11 is 0. The van der Waals surface area contributed by atoms with Crippen LogP contribution < -0.4 is 10.1 Å². The van der Waals surface area contributed by atoms with Gasteiger partial charge in [0.2, 0.25) is 0 Å². The molecule has 1 N–H and O–H groups in total. The number of aliphatic imine (C=N–C) groups is 1. The Morgan fingerprint density at radius 3 is 1.94 bits per heavy atom. The quantitative estimate of drug-likeness (QED) is 0.187. The Morgan fingerprint density at radius 2 is 1.27 bits per heavy atom. The summed E-state index contributed by atoms with van der Waals surface area (Å²) in [4.78, 5) is 15.2. The van der Waals surface area contributed by atoms with E-state index in [2.05, 4.69) is 145 Å². The second-order valence-electron chi connectivity index (χ2n) is 13.5. The minimum Gasteiger partial charge on any atom is -0.485 e. The van der Waals surface area contributed by atoms with E-state index < -0.39 is 0 Å². The number of rotatable bonds is 5. The smallest absolute Gasteiger partial charge is 0.128 e. The van der Waals surface area contributed by atoms with Crippen LogP contribution in [0.25, 0.3) is 61.0 Å². The van der Waals surface area contributed by atoms with Crippen LogP contribution in [0.1, 0.15) is 29.9 Å². The van der Waals surface area contributed by atoms with Gasteiger partial charge in [-0.15, -0.1) is 0 Å². The highest BCUT2D eigenvalue weighted by Crippen LogP contribution is 2.43. The molecule has 4 aromatic carbocycles. The van der Waals surface area contributed by atoms with Gasteiger partial charge in [-0.05, 0) is 83.3 Å². The number of ether oxygens (including phenoxy) is 1. The van der Waals surface area contributed by atoms with E-state index in [9.17, 15) is 0 Å². The number of benzene rings is 4. The van der Waals surface area contributed by atoms with Gasteiger partial charge >= 0.3 is 0 Å². The number of fused-ring (bicyclic) bond motifs is 6. The Morgan fingerprint density at radius 1 is 0.627 bits per heavy atom. The van der Waals surface area contributed by atoms with E-state index in [1.165, 1.54) is 33.4 Å². The minimum atomic E-state index is 0.0956. The molecular formula is C46H34N4O. The van der Waals surface area contributed by atoms with Gasteiger partial charge < -0.3 is 10.1 Å². The fourth-order valence-corrected chi connectivity index (χ4v) is 7.64. The van der Waals surface area contributed by atoms with Crippen LogP contribution in [-0.4, -0.2) is 28.3 Å². The number of nitrogens with zero attached hydrogens (tertiary/aromatic N) is 3. The predicted octanol–water partition coefficient (Wildman–Crippen LogP) is 10.4. The van der Waals surface area contributed by atoms with Crippen molar-refractivity contribution in [2.75, 3.05) is 6.54 Å². The van der Waals surface area contributed by atoms with Crippen molar-refractivity contribution < 1.29 is 4.74 Å². The summed E-state index contributed by atoms with van der Waals surface area (Å²) in [7, 11) is 0. The van der Waals surface area contributed by atoms with Gasteiger partial charge in [0.15, 0.2) is 0 Å². The Bertz CT molecular complexity index is 2550. The molecule has 0 saturated carbocycles. The van der Waals surface area contributed by atoms with Crippen LogP contribution in [0.2, 0.25) is 0 Å². The van der Waals surface area contributed by atoms with E-state index in [0.717, 1.165) is 75.2 Å². The highest BCUT2D eigenvalue weighted by Gasteiger charge is 2.32. The Labute approximate surface area is 296 Å². The lowest BCUT2D eigenvalue weighted by atomic mass is 9.90. The van der Waals surface area contributed by atoms with E-state index >= 15 is 0 Å². The number of allylic oxidation sites excluding steroid dienone is 5. The summed E-state index contributed by atoms with van der Waals surface area (Å²) in [5.41, 5.74) is 14.3. The third-order valence-electron chi connectivity index (χ3n) is 10.5. The standard InChI is InChI=1S/C46H34N4O/c1-2-4-43-38(3-1)39-27-36(18-22-44(39)51-43)29-5-9-31(10-6-29)41-20-15-34-13-14-35-16-21-42(50-46(35)45(34)49-41)32-11-7-30(8-12-32)37-17-19-40(48-28-37)33-23-25-47-26-24-33/h1-16,18,20-25,27-28,38,43,47H,17,19,26H2. The van der Waals surface area contributed by atoms with Crippen molar-refractivity contribution in [1.82, 2.24) is 15.3 Å². The lowest BCUT2D eigenvalue weighted by Crippen LogP contribution is -2.15. The SMILES string of the molecule is C1=CC2Oc3ccc(-c4ccc(-c5ccc6ccc7ccc(-c8ccc(C9=CN=C(C%10=CCNC=C%10)CC9)cc8)nc7c6n5)cc4)cc3C2C=C1. The maximum absolute atomic E-state index is 6.16. The highest BCUT2D eigenvalue weighted by atomic mass is 16.5. The maximum Gasteiger partial charge on any atom is 0.128 e. The van der Waals surface area contributed by atoms with Crippen molar-refractivity contribution >= 4 is 33.1 Å². The van der Waals surface area contributed by atoms with Crippen molar-refractivity contribution in [3.63, 3.8) is 0 Å². The number of hydrogen-bond donors (Lipinski definition) is 1. The number of hydrogen-bond acceptors (Lipinski definition) is 5. The molecule has 3 aliphatic heterocycles. The van der Waals surface area contributed by atoms with Crippen molar-refractivity contribution in [3.05, 3.63) is 169 Å². The van der Waals surface area contributed by atoms with Gasteiger partial charge in [-0.3, -0.25) is 4.99 Å². The van der Waals surface area contributed by atoms with E-state index in [4.69, 9.17) is 19.7 Å². The molecule has 5 heterocycles. The Hall–Kier alpha value is -6.33. The molecule has 51 heavy (non-hydrogen) atoms. The van der Waals surface area contributed by atoms with Gasteiger partial charge in [-0.2, -0.15) is 0 Å². The second-order valence-corrected chi connectivity index (χ2v) is 13.5. The zero-order valence-electron chi connectivity index (χ0n) is 28.0. The monoisotopic (exact) mass is 658 g/mol. The molecule has 0 spiro atoms. The average molecular weight is 659 g/mol. The summed E-state index contributed by atoms with van der Waals surface area (Å²) < 4.78 is 6.16. The molecule has 2 aromatic heterocycles. The second kappa shape index (κ2) is 12.2. The molecule has 5 heteroatoms. The molecule has 2 unspecified atom stereocenters. The molecule has 0 amide bonds. The molecule has 0 bridgehead atoms. The van der Waals surface area contributed by atoms with Gasteiger partial charge in [0.1, 0.15) is 11.9 Å². The van der Waals surface area contributed by atoms with Crippen molar-refractivity contribution in [2.24, 2.45) is 4.99 Å². The molecule has 244 valence electrons. The zero-order chi connectivity index (χ0) is 33.7. The number of nitrogens with one attached hydrogen (secondary N) is 1. The van der Waals surface area contributed by atoms with Crippen molar-refractivity contribution in [3.8, 4) is 39.4 Å². The van der Waals surface area contributed by atoms with Crippen LogP contribution >= 0.6 is 0 Å². The first-order chi connectivity index (χ1) is 25.2. The topological polar surface area (TPSA) is 59.4 Å². The van der Waals surface area contributed by atoms with Crippen LogP contribution in [0.4, 0.5) is 0 Å². The molecule has 4 aliphatic rings. The lowest BCUT2D eigenvalue weighted by Gasteiger charge is -2.17. The maximum atomic E-state index is 6.16. The molecular weight excluding hydrogens is 625 g/mol. The summed E-state index contributed by atoms with van der Waals surface area (Å²) in [5, 5.41) is 5.37. The first-order valence-electron chi connectivity index (χ1n) is 17.7. The van der Waals surface area contributed by atoms with E-state index in [0.29, 0.717) is 0 Å². The van der Waals surface area contributed by atoms with Crippen LogP contribution in [0.15, 0.2) is 163 Å². The zero-order valence-corrected chi connectivity index (χ0v) is 28.0. The molecule has 2 atom stereocenters. The normalized spacial score (nSPS) is 18.8. The fraction of sp³-hybridized carbons (Fsp3) is 0.109. The molecule has 10 rings (SSSR count). The van der Waals surface area contributed by atoms with Crippen LogP contribution in [0.5, 0.6) is 5.75 Å². The molecule has 5 nitrogen and oxygen atoms in total. The average Bonchev–Trinajstić information content (AvgIpc) is 3.59. The van der Waals surface area contributed by atoms with Crippen LogP contribution in [0, 0.1) is 0 Å². The van der Waals surface area contributed by atoms with Gasteiger partial charge in [-0.25, -0.2) is 9.97 Å². The molecule has 1 aliphatic carbocycles. The first-order valence-corrected chi connectivity index (χ1v) is 17.7. The van der Waals surface area contributed by atoms with E-state index in [1.807, 2.05) is 12.4 Å². The Balaban J connectivity index is 0.926. The molecule has 0 radical (unpaired) electrons. The first kappa shape index (κ1) is 29.6. The van der Waals surface area contributed by atoms with E-state index in [-0.39, 0.29) is 12.0 Å². The summed E-state index contributed by atoms with van der Waals surface area (Å²) in [5.74, 6) is 1.26. The fourth-order valence-electron chi connectivity index (χ4n) is 7.64. The van der Waals surface area contributed by atoms with Gasteiger partial charge in [0.25, 0.3) is 0 Å². The number of dihydropyridines is 1.